The zero-order chi connectivity index (χ0) is 15.3. The van der Waals surface area contributed by atoms with Gasteiger partial charge in [-0.25, -0.2) is 9.18 Å². The van der Waals surface area contributed by atoms with Gasteiger partial charge in [-0.2, -0.15) is 0 Å². The largest absolute Gasteiger partial charge is 0.390 e. The lowest BCUT2D eigenvalue weighted by Crippen LogP contribution is -2.42. The number of ether oxygens (including phenoxy) is 1. The maximum Gasteiger partial charge on any atom is 0.328 e. The fourth-order valence-corrected chi connectivity index (χ4v) is 1.88. The van der Waals surface area contributed by atoms with Crippen LogP contribution in [0.3, 0.4) is 0 Å². The van der Waals surface area contributed by atoms with Crippen molar-refractivity contribution in [1.29, 1.82) is 0 Å². The van der Waals surface area contributed by atoms with E-state index in [0.717, 1.165) is 6.20 Å². The molecule has 0 amide bonds. The van der Waals surface area contributed by atoms with Crippen LogP contribution in [0.4, 0.5) is 4.39 Å². The minimum absolute atomic E-state index is 0.113. The van der Waals surface area contributed by atoms with Gasteiger partial charge in [-0.05, 0) is 0 Å². The molecule has 1 aliphatic rings. The van der Waals surface area contributed by atoms with Gasteiger partial charge in [-0.15, -0.1) is 0 Å². The van der Waals surface area contributed by atoms with E-state index in [0.29, 0.717) is 4.57 Å². The van der Waals surface area contributed by atoms with E-state index in [2.05, 4.69) is 9.72 Å². The number of halogens is 2. The monoisotopic (exact) mass is 313 g/mol. The van der Waals surface area contributed by atoms with Crippen molar-refractivity contribution in [3.05, 3.63) is 26.3 Å². The quantitative estimate of drug-likeness (QED) is 0.547. The first kappa shape index (κ1) is 13.2. The fraction of sp³-hybridized carbons (Fsp3) is 0.556. The molecule has 0 saturated carbocycles. The zero-order valence-electron chi connectivity index (χ0n) is 10.2. The van der Waals surface area contributed by atoms with Gasteiger partial charge in [0.15, 0.2) is 6.20 Å². The Kier molecular flexibility index (Phi) is 3.41. The second-order valence-electron chi connectivity index (χ2n) is 3.88. The number of aliphatic hydroxyl groups is 3. The van der Waals surface area contributed by atoms with Crippen molar-refractivity contribution in [3.63, 3.8) is 0 Å². The summed E-state index contributed by atoms with van der Waals surface area (Å²) in [5.41, 5.74) is -0.997. The summed E-state index contributed by atoms with van der Waals surface area (Å²) in [5.74, 6) is -3.08. The number of nitrogens with zero attached hydrogens (tertiary/aromatic N) is 1. The highest BCUT2D eigenvalue weighted by atomic mass is 35.5. The van der Waals surface area contributed by atoms with E-state index in [-0.39, 0.29) is 9.66 Å². The van der Waals surface area contributed by atoms with Crippen LogP contribution < -0.4 is 5.69 Å². The Hall–Kier alpha value is -0.840. The van der Waals surface area contributed by atoms with Crippen LogP contribution in [0.15, 0.2) is 11.0 Å². The van der Waals surface area contributed by atoms with E-state index in [1.165, 1.54) is 0 Å². The molecule has 0 unspecified atom stereocenters. The lowest BCUT2D eigenvalue weighted by Gasteiger charge is -2.20. The van der Waals surface area contributed by atoms with Gasteiger partial charge in [0.1, 0.15) is 23.5 Å². The Morgan fingerprint density at radius 1 is 1.74 bits per heavy atom. The summed E-state index contributed by atoms with van der Waals surface area (Å²) in [6, 6.07) is 0. The van der Waals surface area contributed by atoms with Crippen LogP contribution in [-0.2, 0) is 4.74 Å². The normalized spacial score (nSPS) is 39.3. The summed E-state index contributed by atoms with van der Waals surface area (Å²) in [6.45, 7) is -1.31. The summed E-state index contributed by atoms with van der Waals surface area (Å²) >= 11 is 10.4. The molecule has 1 aliphatic heterocycles. The molecule has 4 atom stereocenters. The molecule has 19 heavy (non-hydrogen) atoms. The third-order valence-corrected chi connectivity index (χ3v) is 3.34. The molecule has 1 fully saturated rings. The van der Waals surface area contributed by atoms with Gasteiger partial charge < -0.3 is 20.1 Å². The van der Waals surface area contributed by atoms with Crippen LogP contribution >= 0.6 is 23.8 Å². The lowest BCUT2D eigenvalue weighted by atomic mass is 10.1. The van der Waals surface area contributed by atoms with Crippen molar-refractivity contribution in [2.24, 2.45) is 0 Å². The number of alkyl halides is 1. The molecule has 0 aliphatic carbocycles. The average molecular weight is 314 g/mol. The molecule has 7 nitrogen and oxygen atoms in total. The summed E-state index contributed by atoms with van der Waals surface area (Å²) in [7, 11) is 0. The number of aromatic amines is 1. The number of H-pyrrole nitrogens is 1. The summed E-state index contributed by atoms with van der Waals surface area (Å²) in [6.07, 6.45) is -6.21. The third kappa shape index (κ3) is 2.33. The van der Waals surface area contributed by atoms with Crippen molar-refractivity contribution in [3.8, 4) is 0 Å². The number of nitrogens with one attached hydrogen (secondary N) is 1. The standard InChI is InChI=1S/C9H10ClFN2O5S/c10-3-1-13(8(17)12-6(3)19)7-4(15)5(16)9(11,2-14)18-7/h1,4-5,7,14-16H,2H2,(H,12,17,19)/t4-,5+,7-,9-/m1/s1/i7D. The van der Waals surface area contributed by atoms with Gasteiger partial charge >= 0.3 is 5.69 Å². The molecular weight excluding hydrogens is 303 g/mol. The third-order valence-electron chi connectivity index (χ3n) is 2.62. The first-order valence-corrected chi connectivity index (χ1v) is 5.82. The van der Waals surface area contributed by atoms with E-state index < -0.39 is 36.6 Å². The minimum Gasteiger partial charge on any atom is -0.390 e. The predicted octanol–water partition coefficient (Wildman–Crippen LogP) is -0.532. The Labute approximate surface area is 117 Å². The van der Waals surface area contributed by atoms with Crippen LogP contribution in [0.25, 0.3) is 0 Å². The van der Waals surface area contributed by atoms with E-state index >= 15 is 0 Å². The summed E-state index contributed by atoms with van der Waals surface area (Å²) in [4.78, 5) is 13.8. The van der Waals surface area contributed by atoms with Crippen LogP contribution in [-0.4, -0.2) is 49.5 Å². The van der Waals surface area contributed by atoms with Gasteiger partial charge in [0, 0.05) is 6.20 Å². The van der Waals surface area contributed by atoms with E-state index in [1.807, 2.05) is 0 Å². The van der Waals surface area contributed by atoms with E-state index in [9.17, 15) is 19.4 Å². The van der Waals surface area contributed by atoms with Crippen molar-refractivity contribution in [2.45, 2.75) is 24.3 Å². The van der Waals surface area contributed by atoms with E-state index in [4.69, 9.17) is 30.3 Å². The maximum atomic E-state index is 14.0. The van der Waals surface area contributed by atoms with E-state index in [1.54, 1.807) is 0 Å². The molecule has 1 saturated heterocycles. The average Bonchev–Trinajstić information content (AvgIpc) is 2.56. The SMILES string of the molecule is [2H][C@@]1(n2cc(Cl)c(=S)[nH]c2=O)O[C@](F)(CO)[C@@H](O)[C@H]1O. The fourth-order valence-electron chi connectivity index (χ4n) is 1.59. The lowest BCUT2D eigenvalue weighted by molar-refractivity contribution is -0.207. The Balaban J connectivity index is 2.60. The highest BCUT2D eigenvalue weighted by molar-refractivity contribution is 7.71. The molecule has 2 rings (SSSR count). The van der Waals surface area contributed by atoms with Crippen LogP contribution in [0.5, 0.6) is 0 Å². The summed E-state index contributed by atoms with van der Waals surface area (Å²) < 4.78 is 26.8. The molecule has 10 heteroatoms. The van der Waals surface area contributed by atoms with Gasteiger partial charge in [0.25, 0.3) is 5.85 Å². The number of aromatic nitrogens is 2. The number of rotatable bonds is 2. The molecule has 106 valence electrons. The minimum atomic E-state index is -3.08. The van der Waals surface area contributed by atoms with Crippen molar-refractivity contribution in [1.82, 2.24) is 9.55 Å². The molecule has 1 aromatic rings. The first-order chi connectivity index (χ1) is 9.15. The Morgan fingerprint density at radius 2 is 2.37 bits per heavy atom. The van der Waals surface area contributed by atoms with Gasteiger partial charge in [0.2, 0.25) is 0 Å². The zero-order valence-corrected chi connectivity index (χ0v) is 10.8. The second-order valence-corrected chi connectivity index (χ2v) is 4.70. The van der Waals surface area contributed by atoms with Crippen molar-refractivity contribution < 1.29 is 25.8 Å². The molecule has 2 heterocycles. The van der Waals surface area contributed by atoms with Gasteiger partial charge in [-0.3, -0.25) is 9.55 Å². The Bertz CT molecular complexity index is 656. The first-order valence-electron chi connectivity index (χ1n) is 5.54. The summed E-state index contributed by atoms with van der Waals surface area (Å²) in [5, 5.41) is 28.0. The smallest absolute Gasteiger partial charge is 0.328 e. The van der Waals surface area contributed by atoms with Crippen molar-refractivity contribution in [2.75, 3.05) is 6.61 Å². The van der Waals surface area contributed by atoms with Crippen LogP contribution in [0.2, 0.25) is 5.02 Å². The highest BCUT2D eigenvalue weighted by Crippen LogP contribution is 2.37. The van der Waals surface area contributed by atoms with Crippen LogP contribution in [0.1, 0.15) is 7.57 Å². The number of hydrogen-bond donors (Lipinski definition) is 4. The predicted molar refractivity (Wildman–Crippen MR) is 64.0 cm³/mol. The van der Waals surface area contributed by atoms with Crippen LogP contribution in [0, 0.1) is 4.64 Å². The molecular formula is C9H10ClFN2O5S. The Morgan fingerprint density at radius 3 is 2.89 bits per heavy atom. The van der Waals surface area contributed by atoms with Crippen molar-refractivity contribution >= 4 is 23.8 Å². The molecule has 4 N–H and O–H groups in total. The number of hydrogen-bond acceptors (Lipinski definition) is 6. The molecule has 0 radical (unpaired) electrons. The topological polar surface area (TPSA) is 108 Å². The second kappa shape index (κ2) is 4.93. The maximum absolute atomic E-state index is 14.0. The van der Waals surface area contributed by atoms with Gasteiger partial charge in [-0.1, -0.05) is 23.8 Å². The molecule has 0 spiro atoms. The molecule has 1 aromatic heterocycles. The highest BCUT2D eigenvalue weighted by Gasteiger charge is 2.55. The molecule has 0 aromatic carbocycles. The van der Waals surface area contributed by atoms with Gasteiger partial charge in [0.05, 0.1) is 6.39 Å². The molecule has 0 bridgehead atoms. The number of aliphatic hydroxyl groups excluding tert-OH is 3.